The molecule has 4 rings (SSSR count). The van der Waals surface area contributed by atoms with E-state index in [0.29, 0.717) is 5.69 Å². The van der Waals surface area contributed by atoms with Crippen molar-refractivity contribution in [1.82, 2.24) is 24.9 Å². The molecule has 0 radical (unpaired) electrons. The predicted octanol–water partition coefficient (Wildman–Crippen LogP) is 1.50. The number of aromatic nitrogens is 4. The van der Waals surface area contributed by atoms with Gasteiger partial charge in [0.2, 0.25) is 0 Å². The molecule has 1 aromatic carbocycles. The number of fused-ring (bicyclic) bond motifs is 1. The molecule has 0 aliphatic carbocycles. The quantitative estimate of drug-likeness (QED) is 0.735. The number of sulfonamides is 1. The molecule has 2 aromatic heterocycles. The number of hydrogen-bond donors (Lipinski definition) is 2. The monoisotopic (exact) mass is 360 g/mol. The fourth-order valence-corrected chi connectivity index (χ4v) is 4.24. The van der Waals surface area contributed by atoms with Gasteiger partial charge < -0.3 is 5.32 Å². The molecule has 8 nitrogen and oxygen atoms in total. The molecule has 3 heterocycles. The Hall–Kier alpha value is -2.39. The lowest BCUT2D eigenvalue weighted by atomic mass is 10.1. The number of aryl methyl sites for hydroxylation is 1. The van der Waals surface area contributed by atoms with Crippen LogP contribution in [0.3, 0.4) is 0 Å². The number of benzene rings is 1. The summed E-state index contributed by atoms with van der Waals surface area (Å²) in [6, 6.07) is 5.63. The maximum atomic E-state index is 12.8. The summed E-state index contributed by atoms with van der Waals surface area (Å²) in [5.41, 5.74) is 1.25. The number of nitrogens with one attached hydrogen (secondary N) is 2. The topological polar surface area (TPSA) is 93.8 Å². The minimum absolute atomic E-state index is 0.164. The first kappa shape index (κ1) is 16.1. The molecule has 0 amide bonds. The van der Waals surface area contributed by atoms with Gasteiger partial charge >= 0.3 is 0 Å². The van der Waals surface area contributed by atoms with Gasteiger partial charge in [0.1, 0.15) is 4.90 Å². The summed E-state index contributed by atoms with van der Waals surface area (Å²) in [5, 5.41) is 12.6. The van der Waals surface area contributed by atoms with Crippen LogP contribution in [0.25, 0.3) is 10.9 Å². The average Bonchev–Trinajstić information content (AvgIpc) is 3.24. The first-order valence-electron chi connectivity index (χ1n) is 8.23. The van der Waals surface area contributed by atoms with Gasteiger partial charge in [0, 0.05) is 25.2 Å². The van der Waals surface area contributed by atoms with Gasteiger partial charge in [-0.05, 0) is 25.5 Å². The van der Waals surface area contributed by atoms with Gasteiger partial charge in [0.25, 0.3) is 10.0 Å². The first-order valence-corrected chi connectivity index (χ1v) is 9.71. The fourth-order valence-electron chi connectivity index (χ4n) is 3.24. The third-order valence-corrected chi connectivity index (χ3v) is 5.86. The van der Waals surface area contributed by atoms with E-state index >= 15 is 0 Å². The smallest absolute Gasteiger partial charge is 0.265 e. The second kappa shape index (κ2) is 6.16. The summed E-state index contributed by atoms with van der Waals surface area (Å²) in [7, 11) is -1.93. The predicted molar refractivity (Wildman–Crippen MR) is 94.9 cm³/mol. The van der Waals surface area contributed by atoms with E-state index in [1.54, 1.807) is 40.9 Å². The van der Waals surface area contributed by atoms with Crippen molar-refractivity contribution in [2.45, 2.75) is 23.8 Å². The Balaban J connectivity index is 1.63. The highest BCUT2D eigenvalue weighted by Crippen LogP contribution is 2.25. The molecule has 9 heteroatoms. The summed E-state index contributed by atoms with van der Waals surface area (Å²) in [6.07, 6.45) is 6.77. The van der Waals surface area contributed by atoms with E-state index in [0.717, 1.165) is 36.8 Å². The number of nitrogens with zero attached hydrogens (tertiary/aromatic N) is 4. The third kappa shape index (κ3) is 3.00. The Morgan fingerprint density at radius 1 is 1.28 bits per heavy atom. The largest absolute Gasteiger partial charge is 0.315 e. The number of para-hydroxylation sites is 1. The second-order valence-electron chi connectivity index (χ2n) is 6.27. The van der Waals surface area contributed by atoms with Crippen LogP contribution in [0.5, 0.6) is 0 Å². The van der Waals surface area contributed by atoms with Gasteiger partial charge in [-0.3, -0.25) is 14.1 Å². The van der Waals surface area contributed by atoms with Crippen LogP contribution in [0.1, 0.15) is 18.9 Å². The molecular formula is C16H20N6O2S. The molecule has 0 saturated carbocycles. The Labute approximate surface area is 145 Å². The number of anilines is 1. The van der Waals surface area contributed by atoms with E-state index in [9.17, 15) is 8.42 Å². The molecular weight excluding hydrogens is 340 g/mol. The Morgan fingerprint density at radius 3 is 2.96 bits per heavy atom. The molecule has 1 atom stereocenters. The molecule has 0 spiro atoms. The van der Waals surface area contributed by atoms with E-state index in [2.05, 4.69) is 20.2 Å². The Morgan fingerprint density at radius 2 is 2.16 bits per heavy atom. The van der Waals surface area contributed by atoms with Crippen molar-refractivity contribution in [2.75, 3.05) is 17.8 Å². The summed E-state index contributed by atoms with van der Waals surface area (Å²) in [4.78, 5) is 0.164. The lowest BCUT2D eigenvalue weighted by Gasteiger charge is -2.22. The highest BCUT2D eigenvalue weighted by molar-refractivity contribution is 7.92. The van der Waals surface area contributed by atoms with E-state index in [4.69, 9.17) is 0 Å². The van der Waals surface area contributed by atoms with Gasteiger partial charge in [-0.1, -0.05) is 12.1 Å². The SMILES string of the molecule is Cn1ncc2cccc(NS(=O)(=O)c3cnn([C@@H]4CCCNC4)c3)c21. The average molecular weight is 360 g/mol. The minimum atomic E-state index is -3.71. The molecule has 1 fully saturated rings. The standard InChI is InChI=1S/C16H20N6O2S/c1-21-16-12(8-18-21)4-2-6-15(16)20-25(23,24)14-10-19-22(11-14)13-5-3-7-17-9-13/h2,4,6,8,10-11,13,17,20H,3,5,7,9H2,1H3/t13-/m1/s1. The second-order valence-corrected chi connectivity index (χ2v) is 7.96. The normalized spacial score (nSPS) is 18.5. The third-order valence-electron chi connectivity index (χ3n) is 4.54. The van der Waals surface area contributed by atoms with Gasteiger partial charge in [-0.2, -0.15) is 10.2 Å². The number of piperidine rings is 1. The van der Waals surface area contributed by atoms with Gasteiger partial charge in [0.05, 0.1) is 29.6 Å². The summed E-state index contributed by atoms with van der Waals surface area (Å²) >= 11 is 0. The fraction of sp³-hybridized carbons (Fsp3) is 0.375. The summed E-state index contributed by atoms with van der Waals surface area (Å²) < 4.78 is 31.6. The van der Waals surface area contributed by atoms with Gasteiger partial charge in [-0.25, -0.2) is 8.42 Å². The van der Waals surface area contributed by atoms with Crippen LogP contribution in [0.2, 0.25) is 0 Å². The zero-order valence-corrected chi connectivity index (χ0v) is 14.7. The molecule has 1 aliphatic rings. The zero-order chi connectivity index (χ0) is 17.4. The van der Waals surface area contributed by atoms with Crippen LogP contribution in [-0.2, 0) is 17.1 Å². The van der Waals surface area contributed by atoms with Crippen molar-refractivity contribution in [3.05, 3.63) is 36.8 Å². The van der Waals surface area contributed by atoms with Gasteiger partial charge in [-0.15, -0.1) is 0 Å². The maximum absolute atomic E-state index is 12.8. The van der Waals surface area contributed by atoms with Gasteiger partial charge in [0.15, 0.2) is 0 Å². The molecule has 25 heavy (non-hydrogen) atoms. The van der Waals surface area contributed by atoms with Crippen LogP contribution < -0.4 is 10.0 Å². The van der Waals surface area contributed by atoms with Crippen LogP contribution in [0.4, 0.5) is 5.69 Å². The molecule has 1 aliphatic heterocycles. The first-order chi connectivity index (χ1) is 12.0. The van der Waals surface area contributed by atoms with Crippen LogP contribution in [0, 0.1) is 0 Å². The van der Waals surface area contributed by atoms with Crippen molar-refractivity contribution in [3.63, 3.8) is 0 Å². The Bertz CT molecular complexity index is 1000. The molecule has 0 unspecified atom stereocenters. The van der Waals surface area contributed by atoms with Crippen LogP contribution >= 0.6 is 0 Å². The molecule has 1 saturated heterocycles. The molecule has 0 bridgehead atoms. The van der Waals surface area contributed by atoms with E-state index in [1.165, 1.54) is 6.20 Å². The molecule has 132 valence electrons. The summed E-state index contributed by atoms with van der Waals surface area (Å²) in [6.45, 7) is 1.81. The number of hydrogen-bond acceptors (Lipinski definition) is 5. The van der Waals surface area contributed by atoms with Crippen molar-refractivity contribution in [2.24, 2.45) is 7.05 Å². The van der Waals surface area contributed by atoms with E-state index < -0.39 is 10.0 Å². The highest BCUT2D eigenvalue weighted by atomic mass is 32.2. The zero-order valence-electron chi connectivity index (χ0n) is 13.9. The van der Waals surface area contributed by atoms with E-state index in [-0.39, 0.29) is 10.9 Å². The van der Waals surface area contributed by atoms with Crippen molar-refractivity contribution in [1.29, 1.82) is 0 Å². The lowest BCUT2D eigenvalue weighted by Crippen LogP contribution is -2.31. The van der Waals surface area contributed by atoms with E-state index in [1.807, 2.05) is 6.07 Å². The molecule has 2 N–H and O–H groups in total. The minimum Gasteiger partial charge on any atom is -0.315 e. The maximum Gasteiger partial charge on any atom is 0.265 e. The van der Waals surface area contributed by atoms with Crippen molar-refractivity contribution >= 4 is 26.6 Å². The number of rotatable bonds is 4. The van der Waals surface area contributed by atoms with Crippen LogP contribution in [0.15, 0.2) is 41.7 Å². The van der Waals surface area contributed by atoms with Crippen molar-refractivity contribution in [3.8, 4) is 0 Å². The summed E-state index contributed by atoms with van der Waals surface area (Å²) in [5.74, 6) is 0. The molecule has 3 aromatic rings. The van der Waals surface area contributed by atoms with Crippen molar-refractivity contribution < 1.29 is 8.42 Å². The Kier molecular flexibility index (Phi) is 3.97. The lowest BCUT2D eigenvalue weighted by molar-refractivity contribution is 0.346. The van der Waals surface area contributed by atoms with Crippen LogP contribution in [-0.4, -0.2) is 41.1 Å². The highest BCUT2D eigenvalue weighted by Gasteiger charge is 2.22.